The SMILES string of the molecule is Fc1cc(F)c(NCCOc2ccc(Br)cc2)c(Br)c1. The second-order valence-electron chi connectivity index (χ2n) is 3.97. The normalized spacial score (nSPS) is 10.4. The van der Waals surface area contributed by atoms with Gasteiger partial charge in [0.2, 0.25) is 0 Å². The fourth-order valence-corrected chi connectivity index (χ4v) is 2.40. The zero-order valence-corrected chi connectivity index (χ0v) is 13.5. The lowest BCUT2D eigenvalue weighted by molar-refractivity contribution is 0.332. The van der Waals surface area contributed by atoms with Crippen LogP contribution in [0.15, 0.2) is 45.3 Å². The minimum Gasteiger partial charge on any atom is -0.492 e. The molecule has 2 aromatic carbocycles. The van der Waals surface area contributed by atoms with Crippen LogP contribution in [0.4, 0.5) is 14.5 Å². The Balaban J connectivity index is 1.86. The van der Waals surface area contributed by atoms with E-state index < -0.39 is 11.6 Å². The molecular weight excluding hydrogens is 396 g/mol. The number of nitrogens with one attached hydrogen (secondary N) is 1. The Morgan fingerprint density at radius 2 is 1.75 bits per heavy atom. The van der Waals surface area contributed by atoms with Crippen molar-refractivity contribution < 1.29 is 13.5 Å². The number of hydrogen-bond donors (Lipinski definition) is 1. The molecule has 6 heteroatoms. The first-order chi connectivity index (χ1) is 9.56. The number of hydrogen-bond acceptors (Lipinski definition) is 2. The largest absolute Gasteiger partial charge is 0.492 e. The molecule has 0 aliphatic heterocycles. The van der Waals surface area contributed by atoms with Crippen LogP contribution in [0.3, 0.4) is 0 Å². The van der Waals surface area contributed by atoms with Crippen LogP contribution in [-0.4, -0.2) is 13.2 Å². The van der Waals surface area contributed by atoms with Gasteiger partial charge in [-0.15, -0.1) is 0 Å². The monoisotopic (exact) mass is 405 g/mol. The molecule has 0 aromatic heterocycles. The van der Waals surface area contributed by atoms with Gasteiger partial charge in [-0.3, -0.25) is 0 Å². The summed E-state index contributed by atoms with van der Waals surface area (Å²) < 4.78 is 33.3. The molecule has 0 atom stereocenters. The summed E-state index contributed by atoms with van der Waals surface area (Å²) in [6.07, 6.45) is 0. The molecule has 106 valence electrons. The summed E-state index contributed by atoms with van der Waals surface area (Å²) in [5, 5.41) is 2.87. The van der Waals surface area contributed by atoms with Crippen LogP contribution in [0.1, 0.15) is 0 Å². The second kappa shape index (κ2) is 7.04. The first-order valence-electron chi connectivity index (χ1n) is 5.83. The number of ether oxygens (including phenoxy) is 1. The molecule has 0 fully saturated rings. The topological polar surface area (TPSA) is 21.3 Å². The Bertz CT molecular complexity index is 567. The van der Waals surface area contributed by atoms with Gasteiger partial charge in [0.25, 0.3) is 0 Å². The number of benzene rings is 2. The third-order valence-electron chi connectivity index (χ3n) is 2.49. The molecule has 0 aliphatic carbocycles. The van der Waals surface area contributed by atoms with Gasteiger partial charge >= 0.3 is 0 Å². The standard InChI is InChI=1S/C14H11Br2F2NO/c15-9-1-3-11(4-2-9)20-6-5-19-14-12(16)7-10(17)8-13(14)18/h1-4,7-8,19H,5-6H2. The smallest absolute Gasteiger partial charge is 0.150 e. The van der Waals surface area contributed by atoms with E-state index in [9.17, 15) is 8.78 Å². The molecule has 0 heterocycles. The molecule has 2 nitrogen and oxygen atoms in total. The van der Waals surface area contributed by atoms with Crippen molar-refractivity contribution in [1.29, 1.82) is 0 Å². The van der Waals surface area contributed by atoms with Crippen LogP contribution in [-0.2, 0) is 0 Å². The molecule has 0 bridgehead atoms. The van der Waals surface area contributed by atoms with E-state index in [0.29, 0.717) is 17.6 Å². The zero-order chi connectivity index (χ0) is 14.5. The Morgan fingerprint density at radius 3 is 2.40 bits per heavy atom. The quantitative estimate of drug-likeness (QED) is 0.707. The van der Waals surface area contributed by atoms with E-state index in [-0.39, 0.29) is 5.69 Å². The summed E-state index contributed by atoms with van der Waals surface area (Å²) in [4.78, 5) is 0. The van der Waals surface area contributed by atoms with Crippen LogP contribution in [0.2, 0.25) is 0 Å². The predicted octanol–water partition coefficient (Wildman–Crippen LogP) is 4.98. The lowest BCUT2D eigenvalue weighted by Gasteiger charge is -2.11. The van der Waals surface area contributed by atoms with Gasteiger partial charge in [0.05, 0.1) is 5.69 Å². The maximum atomic E-state index is 13.5. The summed E-state index contributed by atoms with van der Waals surface area (Å²) in [6, 6.07) is 9.46. The van der Waals surface area contributed by atoms with Crippen LogP contribution < -0.4 is 10.1 Å². The molecule has 0 unspecified atom stereocenters. The molecule has 0 amide bonds. The fraction of sp³-hybridized carbons (Fsp3) is 0.143. The van der Waals surface area contributed by atoms with E-state index in [1.807, 2.05) is 24.3 Å². The summed E-state index contributed by atoms with van der Waals surface area (Å²) in [5.41, 5.74) is 0.228. The van der Waals surface area contributed by atoms with Crippen LogP contribution in [0.25, 0.3) is 0 Å². The zero-order valence-electron chi connectivity index (χ0n) is 10.3. The first-order valence-corrected chi connectivity index (χ1v) is 7.41. The van der Waals surface area contributed by atoms with Crippen molar-refractivity contribution in [2.75, 3.05) is 18.5 Å². The molecule has 0 aliphatic rings. The van der Waals surface area contributed by atoms with Crippen molar-refractivity contribution in [3.8, 4) is 5.75 Å². The van der Waals surface area contributed by atoms with Crippen LogP contribution >= 0.6 is 31.9 Å². The Labute approximate surface area is 132 Å². The predicted molar refractivity (Wildman–Crippen MR) is 82.2 cm³/mol. The molecule has 2 aromatic rings. The van der Waals surface area contributed by atoms with Gasteiger partial charge in [-0.2, -0.15) is 0 Å². The molecule has 0 saturated carbocycles. The van der Waals surface area contributed by atoms with Gasteiger partial charge in [0, 0.05) is 21.6 Å². The Morgan fingerprint density at radius 1 is 1.05 bits per heavy atom. The third kappa shape index (κ3) is 4.18. The molecule has 0 radical (unpaired) electrons. The van der Waals surface area contributed by atoms with Gasteiger partial charge in [0.1, 0.15) is 24.0 Å². The summed E-state index contributed by atoms with van der Waals surface area (Å²) in [7, 11) is 0. The first kappa shape index (κ1) is 15.3. The average molecular weight is 407 g/mol. The van der Waals surface area contributed by atoms with Gasteiger partial charge < -0.3 is 10.1 Å². The molecule has 20 heavy (non-hydrogen) atoms. The van der Waals surface area contributed by atoms with Gasteiger partial charge in [-0.25, -0.2) is 8.78 Å². The Hall–Kier alpha value is -1.14. The van der Waals surface area contributed by atoms with E-state index in [1.165, 1.54) is 6.07 Å². The van der Waals surface area contributed by atoms with Gasteiger partial charge in [-0.1, -0.05) is 15.9 Å². The minimum atomic E-state index is -0.638. The molecule has 2 rings (SSSR count). The van der Waals surface area contributed by atoms with E-state index >= 15 is 0 Å². The van der Waals surface area contributed by atoms with E-state index in [4.69, 9.17) is 4.74 Å². The number of rotatable bonds is 5. The highest BCUT2D eigenvalue weighted by molar-refractivity contribution is 9.10. The summed E-state index contributed by atoms with van der Waals surface area (Å²) >= 11 is 6.45. The second-order valence-corrected chi connectivity index (χ2v) is 5.74. The van der Waals surface area contributed by atoms with Crippen LogP contribution in [0.5, 0.6) is 5.75 Å². The molecule has 0 spiro atoms. The average Bonchev–Trinajstić information content (AvgIpc) is 2.39. The number of halogens is 4. The van der Waals surface area contributed by atoms with Crippen molar-refractivity contribution in [2.24, 2.45) is 0 Å². The minimum absolute atomic E-state index is 0.228. The third-order valence-corrected chi connectivity index (χ3v) is 3.65. The van der Waals surface area contributed by atoms with E-state index in [0.717, 1.165) is 16.3 Å². The maximum absolute atomic E-state index is 13.5. The van der Waals surface area contributed by atoms with E-state index in [1.54, 1.807) is 0 Å². The highest BCUT2D eigenvalue weighted by Crippen LogP contribution is 2.26. The summed E-state index contributed by atoms with van der Waals surface area (Å²) in [6.45, 7) is 0.766. The highest BCUT2D eigenvalue weighted by atomic mass is 79.9. The van der Waals surface area contributed by atoms with Crippen molar-refractivity contribution in [2.45, 2.75) is 0 Å². The van der Waals surface area contributed by atoms with Crippen molar-refractivity contribution in [3.05, 3.63) is 57.0 Å². The highest BCUT2D eigenvalue weighted by Gasteiger charge is 2.08. The maximum Gasteiger partial charge on any atom is 0.150 e. The summed E-state index contributed by atoms with van der Waals surface area (Å²) in [5.74, 6) is -0.528. The van der Waals surface area contributed by atoms with Crippen LogP contribution in [0, 0.1) is 11.6 Å². The lowest BCUT2D eigenvalue weighted by atomic mass is 10.3. The molecule has 1 N–H and O–H groups in total. The van der Waals surface area contributed by atoms with Gasteiger partial charge in [-0.05, 0) is 46.3 Å². The van der Waals surface area contributed by atoms with Crippen molar-refractivity contribution in [3.63, 3.8) is 0 Å². The fourth-order valence-electron chi connectivity index (χ4n) is 1.59. The van der Waals surface area contributed by atoms with Gasteiger partial charge in [0.15, 0.2) is 0 Å². The van der Waals surface area contributed by atoms with Crippen molar-refractivity contribution >= 4 is 37.5 Å². The molecular formula is C14H11Br2F2NO. The lowest BCUT2D eigenvalue weighted by Crippen LogP contribution is -2.12. The molecule has 0 saturated heterocycles. The Kier molecular flexibility index (Phi) is 5.37. The van der Waals surface area contributed by atoms with E-state index in [2.05, 4.69) is 37.2 Å². The van der Waals surface area contributed by atoms with Crippen molar-refractivity contribution in [1.82, 2.24) is 0 Å². The number of anilines is 1.